The molecule has 3 aromatic rings. The number of nitrogens with zero attached hydrogens (tertiary/aromatic N) is 3. The summed E-state index contributed by atoms with van der Waals surface area (Å²) in [6.07, 6.45) is 11.6. The lowest BCUT2D eigenvalue weighted by atomic mass is 9.93. The fourth-order valence-electron chi connectivity index (χ4n) is 7.15. The highest BCUT2D eigenvalue weighted by Gasteiger charge is 2.54. The minimum Gasteiger partial charge on any atom is -0.387 e. The summed E-state index contributed by atoms with van der Waals surface area (Å²) in [4.78, 5) is 14.5. The van der Waals surface area contributed by atoms with Gasteiger partial charge in [0, 0.05) is 6.61 Å². The lowest BCUT2D eigenvalue weighted by Crippen LogP contribution is -2.39. The monoisotopic (exact) mass is 844 g/mol. The fraction of sp³-hybridized carbons (Fsp3) is 0.707. The maximum Gasteiger partial charge on any atom is 0.472 e. The highest BCUT2D eigenvalue weighted by Crippen LogP contribution is 2.46. The van der Waals surface area contributed by atoms with Crippen LogP contribution in [0.3, 0.4) is 0 Å². The number of aliphatic hydroxyl groups excluding tert-OH is 2. The summed E-state index contributed by atoms with van der Waals surface area (Å²) in [7, 11) is -4.77. The summed E-state index contributed by atoms with van der Waals surface area (Å²) < 4.78 is 81.7. The van der Waals surface area contributed by atoms with E-state index < -0.39 is 62.8 Å². The van der Waals surface area contributed by atoms with Gasteiger partial charge in [0.2, 0.25) is 0 Å². The molecule has 328 valence electrons. The van der Waals surface area contributed by atoms with Gasteiger partial charge >= 0.3 is 14.0 Å². The third kappa shape index (κ3) is 15.1. The highest BCUT2D eigenvalue weighted by molar-refractivity contribution is 7.47. The third-order valence-corrected chi connectivity index (χ3v) is 11.6. The summed E-state index contributed by atoms with van der Waals surface area (Å²) in [6, 6.07) is 7.76. The van der Waals surface area contributed by atoms with Crippen LogP contribution in [0.2, 0.25) is 0 Å². The molecule has 0 spiro atoms. The molecule has 2 aromatic heterocycles. The molecule has 17 heteroatoms. The molecule has 58 heavy (non-hydrogen) atoms. The minimum atomic E-state index is -4.77. The number of halogens is 3. The average molecular weight is 845 g/mol. The van der Waals surface area contributed by atoms with E-state index in [2.05, 4.69) is 17.0 Å². The van der Waals surface area contributed by atoms with E-state index in [1.807, 2.05) is 0 Å². The van der Waals surface area contributed by atoms with Gasteiger partial charge < -0.3 is 35.1 Å². The third-order valence-electron chi connectivity index (χ3n) is 10.7. The number of anilines is 1. The van der Waals surface area contributed by atoms with Crippen molar-refractivity contribution in [3.8, 4) is 0 Å². The second-order valence-electron chi connectivity index (χ2n) is 15.4. The Morgan fingerprint density at radius 2 is 1.47 bits per heavy atom. The Morgan fingerprint density at radius 1 is 0.879 bits per heavy atom. The predicted octanol–water partition coefficient (Wildman–Crippen LogP) is 8.66. The number of fused-ring (bicyclic) bond motifs is 1. The molecule has 1 aliphatic heterocycles. The summed E-state index contributed by atoms with van der Waals surface area (Å²) in [5.74, 6) is 0.198. The number of benzene rings is 1. The maximum atomic E-state index is 13.1. The quantitative estimate of drug-likeness (QED) is 0.0387. The molecule has 0 radical (unpaired) electrons. The van der Waals surface area contributed by atoms with Gasteiger partial charge in [-0.3, -0.25) is 9.05 Å². The number of rotatable bonds is 29. The lowest BCUT2D eigenvalue weighted by Gasteiger charge is -2.27. The van der Waals surface area contributed by atoms with Crippen LogP contribution in [0.5, 0.6) is 0 Å². The Kier molecular flexibility index (Phi) is 19.8. The summed E-state index contributed by atoms with van der Waals surface area (Å²) in [5, 5.41) is 26.0. The van der Waals surface area contributed by atoms with E-state index in [9.17, 15) is 32.8 Å². The van der Waals surface area contributed by atoms with Gasteiger partial charge in [-0.1, -0.05) is 115 Å². The first kappa shape index (κ1) is 48.0. The molecule has 1 saturated heterocycles. The first-order valence-electron chi connectivity index (χ1n) is 20.8. The Labute approximate surface area is 340 Å². The number of aliphatic hydroxyl groups is 2. The molecule has 1 unspecified atom stereocenters. The van der Waals surface area contributed by atoms with Gasteiger partial charge in [0.1, 0.15) is 41.9 Å². The fourth-order valence-corrected chi connectivity index (χ4v) is 7.92. The number of ether oxygens (including phenoxy) is 3. The van der Waals surface area contributed by atoms with Crippen LogP contribution < -0.4 is 5.73 Å². The van der Waals surface area contributed by atoms with Crippen molar-refractivity contribution in [1.29, 1.82) is 0 Å². The van der Waals surface area contributed by atoms with Crippen LogP contribution in [0.4, 0.5) is 19.0 Å². The van der Waals surface area contributed by atoms with Crippen LogP contribution in [0.25, 0.3) is 5.52 Å². The van der Waals surface area contributed by atoms with Crippen LogP contribution in [-0.2, 0) is 46.2 Å². The van der Waals surface area contributed by atoms with Gasteiger partial charge in [0.05, 0.1) is 37.7 Å². The predicted molar refractivity (Wildman–Crippen MR) is 214 cm³/mol. The number of phosphoric ester groups is 1. The number of hydrogen-bond donors (Lipinski definition) is 4. The summed E-state index contributed by atoms with van der Waals surface area (Å²) in [5.41, 5.74) is 4.92. The molecule has 4 rings (SSSR count). The normalized spacial score (nSPS) is 21.5. The number of hydrogen-bond acceptors (Lipinski definition) is 11. The van der Waals surface area contributed by atoms with Crippen LogP contribution in [-0.4, -0.2) is 80.5 Å². The molecule has 1 aromatic carbocycles. The molecule has 6 atom stereocenters. The van der Waals surface area contributed by atoms with Crippen LogP contribution in [0.1, 0.15) is 133 Å². The van der Waals surface area contributed by atoms with Gasteiger partial charge in [0.25, 0.3) is 0 Å². The number of phosphoric acid groups is 1. The van der Waals surface area contributed by atoms with Crippen molar-refractivity contribution in [3.63, 3.8) is 0 Å². The van der Waals surface area contributed by atoms with Crippen LogP contribution in [0.15, 0.2) is 42.7 Å². The van der Waals surface area contributed by atoms with E-state index in [0.29, 0.717) is 23.4 Å². The van der Waals surface area contributed by atoms with Crippen molar-refractivity contribution in [1.82, 2.24) is 14.6 Å². The van der Waals surface area contributed by atoms with E-state index in [1.165, 1.54) is 113 Å². The van der Waals surface area contributed by atoms with Crippen molar-refractivity contribution in [2.45, 2.75) is 159 Å². The van der Waals surface area contributed by atoms with Gasteiger partial charge in [-0.25, -0.2) is 14.1 Å². The van der Waals surface area contributed by atoms with Crippen molar-refractivity contribution in [3.05, 3.63) is 59.5 Å². The molecular formula is C41H64F3N4O9P. The van der Waals surface area contributed by atoms with Gasteiger partial charge in [0.15, 0.2) is 5.82 Å². The molecular weight excluding hydrogens is 780 g/mol. The molecule has 0 saturated carbocycles. The lowest BCUT2D eigenvalue weighted by molar-refractivity contribution is -0.137. The first-order chi connectivity index (χ1) is 27.7. The second kappa shape index (κ2) is 24.0. The first-order valence-corrected chi connectivity index (χ1v) is 22.3. The van der Waals surface area contributed by atoms with Gasteiger partial charge in [-0.2, -0.15) is 18.3 Å². The zero-order chi connectivity index (χ0) is 42.0. The SMILES string of the molecule is CCCCCCCCCCCCCCCCCCOC[C@H](COP(=O)(O)OC[C@H]1O[C@@](C)(c2ccc3c(N)ncnn23)[C@H](O)[C@@H]1O)OCc1ccc(C(F)(F)F)cc1. The van der Waals surface area contributed by atoms with E-state index in [-0.39, 0.29) is 19.0 Å². The maximum absolute atomic E-state index is 13.1. The van der Waals surface area contributed by atoms with Crippen molar-refractivity contribution in [2.24, 2.45) is 0 Å². The zero-order valence-corrected chi connectivity index (χ0v) is 34.9. The number of nitrogen functional groups attached to an aromatic ring is 1. The molecule has 0 bridgehead atoms. The van der Waals surface area contributed by atoms with E-state index in [4.69, 9.17) is 29.0 Å². The Morgan fingerprint density at radius 3 is 2.05 bits per heavy atom. The van der Waals surface area contributed by atoms with Gasteiger partial charge in [-0.05, 0) is 43.2 Å². The van der Waals surface area contributed by atoms with E-state index in [0.717, 1.165) is 31.4 Å². The summed E-state index contributed by atoms with van der Waals surface area (Å²) >= 11 is 0. The van der Waals surface area contributed by atoms with Crippen molar-refractivity contribution >= 4 is 19.2 Å². The molecule has 1 aliphatic rings. The second-order valence-corrected chi connectivity index (χ2v) is 16.9. The Bertz CT molecular complexity index is 1670. The number of unbranched alkanes of at least 4 members (excludes halogenated alkanes) is 15. The highest BCUT2D eigenvalue weighted by atomic mass is 31.2. The number of alkyl halides is 3. The molecule has 0 aliphatic carbocycles. The average Bonchev–Trinajstić information content (AvgIpc) is 3.73. The van der Waals surface area contributed by atoms with E-state index >= 15 is 0 Å². The molecule has 0 amide bonds. The number of aromatic nitrogens is 3. The standard InChI is InChI=1S/C41H64F3N4O9P/c1-3-4-5-6-7-8-9-10-11-12-13-14-15-16-17-18-25-53-27-33(54-26-31-19-21-32(22-20-31)41(42,43)44)28-55-58(51,52)56-29-35-37(49)38(50)40(2,57-35)36-24-23-34-39(45)46-30-47-48(34)36/h19-24,30,33,35,37-38,49-50H,3-18,25-29H2,1-2H3,(H,51,52)(H2,45,46,47)/t33-,35-,37-,38-,40+/m1/s1. The molecule has 13 nitrogen and oxygen atoms in total. The smallest absolute Gasteiger partial charge is 0.387 e. The topological polar surface area (TPSA) is 180 Å². The Balaban J connectivity index is 1.18. The molecule has 1 fully saturated rings. The van der Waals surface area contributed by atoms with Crippen LogP contribution >= 0.6 is 7.82 Å². The molecule has 3 heterocycles. The largest absolute Gasteiger partial charge is 0.472 e. The molecule has 5 N–H and O–H groups in total. The van der Waals surface area contributed by atoms with E-state index in [1.54, 1.807) is 12.1 Å². The van der Waals surface area contributed by atoms with Crippen molar-refractivity contribution in [2.75, 3.05) is 32.2 Å². The Hall–Kier alpha value is -2.66. The van der Waals surface area contributed by atoms with Gasteiger partial charge in [-0.15, -0.1) is 0 Å². The number of nitrogens with two attached hydrogens (primary N) is 1. The van der Waals surface area contributed by atoms with Crippen LogP contribution in [0, 0.1) is 0 Å². The van der Waals surface area contributed by atoms with Crippen molar-refractivity contribution < 1.29 is 56.1 Å². The minimum absolute atomic E-state index is 0.00624. The zero-order valence-electron chi connectivity index (χ0n) is 34.0. The summed E-state index contributed by atoms with van der Waals surface area (Å²) in [6.45, 7) is 3.04.